The van der Waals surface area contributed by atoms with Crippen LogP contribution in [0.1, 0.15) is 13.3 Å². The molecule has 0 amide bonds. The van der Waals surface area contributed by atoms with Crippen molar-refractivity contribution in [3.63, 3.8) is 0 Å². The van der Waals surface area contributed by atoms with Gasteiger partial charge in [-0.05, 0) is 12.5 Å². The number of aromatic nitrogens is 1. The maximum absolute atomic E-state index is 11.2. The molecule has 1 heterocycles. The summed E-state index contributed by atoms with van der Waals surface area (Å²) < 4.78 is 27.6. The standard InChI is InChI=1S/C8H11NO4S/c1-2-7-14(11,12)13-9-6-4-3-5-8(9)10/h3-6H,2,7H2,1H3. The van der Waals surface area contributed by atoms with Crippen molar-refractivity contribution in [3.05, 3.63) is 34.7 Å². The zero-order valence-corrected chi connectivity index (χ0v) is 8.53. The molecule has 0 aromatic carbocycles. The van der Waals surface area contributed by atoms with E-state index in [0.29, 0.717) is 11.2 Å². The normalized spacial score (nSPS) is 11.2. The molecule has 0 aliphatic carbocycles. The van der Waals surface area contributed by atoms with Crippen LogP contribution in [0.4, 0.5) is 0 Å². The van der Waals surface area contributed by atoms with Crippen molar-refractivity contribution in [2.24, 2.45) is 0 Å². The molecule has 6 heteroatoms. The first-order valence-electron chi connectivity index (χ1n) is 4.15. The van der Waals surface area contributed by atoms with Gasteiger partial charge in [0.15, 0.2) is 0 Å². The summed E-state index contributed by atoms with van der Waals surface area (Å²) in [5.74, 6) is -0.103. The molecule has 1 aromatic rings. The van der Waals surface area contributed by atoms with Gasteiger partial charge in [-0.1, -0.05) is 13.0 Å². The molecule has 0 saturated heterocycles. The average molecular weight is 217 g/mol. The minimum absolute atomic E-state index is 0.103. The third-order valence-corrected chi connectivity index (χ3v) is 2.73. The molecule has 0 atom stereocenters. The highest BCUT2D eigenvalue weighted by atomic mass is 32.2. The van der Waals surface area contributed by atoms with E-state index >= 15 is 0 Å². The summed E-state index contributed by atoms with van der Waals surface area (Å²) in [6.07, 6.45) is 1.71. The Kier molecular flexibility index (Phi) is 3.29. The van der Waals surface area contributed by atoms with Crippen LogP contribution in [0.3, 0.4) is 0 Å². The topological polar surface area (TPSA) is 65.4 Å². The van der Waals surface area contributed by atoms with E-state index < -0.39 is 15.7 Å². The number of nitrogens with zero attached hydrogens (tertiary/aromatic N) is 1. The molecule has 0 spiro atoms. The Morgan fingerprint density at radius 2 is 2.14 bits per heavy atom. The Balaban J connectivity index is 2.90. The van der Waals surface area contributed by atoms with Gasteiger partial charge in [0.25, 0.3) is 5.56 Å². The van der Waals surface area contributed by atoms with Gasteiger partial charge >= 0.3 is 10.1 Å². The fraction of sp³-hybridized carbons (Fsp3) is 0.375. The van der Waals surface area contributed by atoms with Crippen molar-refractivity contribution < 1.29 is 12.7 Å². The highest BCUT2D eigenvalue weighted by Gasteiger charge is 2.11. The fourth-order valence-electron chi connectivity index (χ4n) is 0.884. The molecule has 0 N–H and O–H groups in total. The second-order valence-corrected chi connectivity index (χ2v) is 4.37. The van der Waals surface area contributed by atoms with Crippen LogP contribution >= 0.6 is 0 Å². The van der Waals surface area contributed by atoms with Crippen molar-refractivity contribution in [1.29, 1.82) is 0 Å². The van der Waals surface area contributed by atoms with Gasteiger partial charge in [-0.3, -0.25) is 9.08 Å². The summed E-state index contributed by atoms with van der Waals surface area (Å²) in [6, 6.07) is 4.25. The average Bonchev–Trinajstić information content (AvgIpc) is 2.08. The molecule has 0 aliphatic heterocycles. The van der Waals surface area contributed by atoms with Crippen molar-refractivity contribution in [2.75, 3.05) is 5.75 Å². The van der Waals surface area contributed by atoms with E-state index in [1.165, 1.54) is 24.4 Å². The molecule has 14 heavy (non-hydrogen) atoms. The molecule has 0 fully saturated rings. The van der Waals surface area contributed by atoms with Crippen LogP contribution in [0, 0.1) is 0 Å². The van der Waals surface area contributed by atoms with Crippen LogP contribution in [0.2, 0.25) is 0 Å². The minimum atomic E-state index is -3.64. The van der Waals surface area contributed by atoms with Gasteiger partial charge in [0.2, 0.25) is 0 Å². The van der Waals surface area contributed by atoms with Crippen molar-refractivity contribution in [2.45, 2.75) is 13.3 Å². The summed E-state index contributed by atoms with van der Waals surface area (Å²) in [5.41, 5.74) is -0.507. The van der Waals surface area contributed by atoms with Crippen LogP contribution in [-0.4, -0.2) is 18.9 Å². The molecular weight excluding hydrogens is 206 g/mol. The lowest BCUT2D eigenvalue weighted by Crippen LogP contribution is -2.30. The maximum Gasteiger partial charge on any atom is 0.327 e. The number of hydrogen-bond acceptors (Lipinski definition) is 4. The molecule has 0 unspecified atom stereocenters. The quantitative estimate of drug-likeness (QED) is 0.713. The molecule has 1 rings (SSSR count). The van der Waals surface area contributed by atoms with Crippen molar-refractivity contribution >= 4 is 10.1 Å². The summed E-state index contributed by atoms with van der Waals surface area (Å²) in [4.78, 5) is 11.1. The Bertz CT molecular complexity index is 448. The largest absolute Gasteiger partial charge is 0.327 e. The van der Waals surface area contributed by atoms with Gasteiger partial charge in [-0.2, -0.15) is 8.42 Å². The zero-order chi connectivity index (χ0) is 10.6. The maximum atomic E-state index is 11.2. The molecule has 5 nitrogen and oxygen atoms in total. The molecule has 78 valence electrons. The molecule has 1 aromatic heterocycles. The molecule has 0 aliphatic rings. The lowest BCUT2D eigenvalue weighted by atomic mass is 10.5. The lowest BCUT2D eigenvalue weighted by Gasteiger charge is -2.05. The smallest absolute Gasteiger partial charge is 0.284 e. The van der Waals surface area contributed by atoms with Crippen LogP contribution in [0.25, 0.3) is 0 Å². The first kappa shape index (κ1) is 10.8. The Hall–Kier alpha value is -1.30. The minimum Gasteiger partial charge on any atom is -0.284 e. The second kappa shape index (κ2) is 4.28. The van der Waals surface area contributed by atoms with Crippen LogP contribution in [0.15, 0.2) is 29.2 Å². The SMILES string of the molecule is CCCS(=O)(=O)On1ccccc1=O. The second-order valence-electron chi connectivity index (χ2n) is 2.70. The predicted molar refractivity (Wildman–Crippen MR) is 51.4 cm³/mol. The molecule has 0 radical (unpaired) electrons. The van der Waals surface area contributed by atoms with E-state index in [2.05, 4.69) is 4.28 Å². The van der Waals surface area contributed by atoms with Gasteiger partial charge in [-0.25, -0.2) is 0 Å². The molecule has 0 bridgehead atoms. The Labute approximate surface area is 82.0 Å². The van der Waals surface area contributed by atoms with E-state index in [1.54, 1.807) is 6.92 Å². The summed E-state index contributed by atoms with van der Waals surface area (Å²) >= 11 is 0. The van der Waals surface area contributed by atoms with E-state index in [1.807, 2.05) is 0 Å². The molecular formula is C8H11NO4S. The van der Waals surface area contributed by atoms with Gasteiger partial charge in [0, 0.05) is 12.3 Å². The van der Waals surface area contributed by atoms with Gasteiger partial charge in [0.1, 0.15) is 0 Å². The number of rotatable bonds is 4. The third kappa shape index (κ3) is 2.88. The molecule has 0 saturated carbocycles. The Morgan fingerprint density at radius 1 is 1.43 bits per heavy atom. The van der Waals surface area contributed by atoms with Crippen molar-refractivity contribution in [1.82, 2.24) is 4.73 Å². The summed E-state index contributed by atoms with van der Waals surface area (Å²) in [7, 11) is -3.64. The first-order valence-corrected chi connectivity index (χ1v) is 5.73. The fourth-order valence-corrected chi connectivity index (χ4v) is 1.83. The number of hydrogen-bond donors (Lipinski definition) is 0. The van der Waals surface area contributed by atoms with Crippen molar-refractivity contribution in [3.8, 4) is 0 Å². The predicted octanol–water partition coefficient (Wildman–Crippen LogP) is 0.0167. The van der Waals surface area contributed by atoms with Crippen LogP contribution in [0.5, 0.6) is 0 Å². The monoisotopic (exact) mass is 217 g/mol. The lowest BCUT2D eigenvalue weighted by molar-refractivity contribution is 0.267. The van der Waals surface area contributed by atoms with E-state index in [0.717, 1.165) is 0 Å². The third-order valence-electron chi connectivity index (χ3n) is 1.44. The van der Waals surface area contributed by atoms with Crippen LogP contribution in [-0.2, 0) is 10.1 Å². The number of pyridine rings is 1. The van der Waals surface area contributed by atoms with E-state index in [9.17, 15) is 13.2 Å². The highest BCUT2D eigenvalue weighted by Crippen LogP contribution is 1.91. The van der Waals surface area contributed by atoms with Gasteiger partial charge in [-0.15, -0.1) is 4.73 Å². The summed E-state index contributed by atoms with van der Waals surface area (Å²) in [6.45, 7) is 1.72. The van der Waals surface area contributed by atoms with E-state index in [4.69, 9.17) is 0 Å². The van der Waals surface area contributed by atoms with Crippen LogP contribution < -0.4 is 9.84 Å². The summed E-state index contributed by atoms with van der Waals surface area (Å²) in [5, 5.41) is 0. The van der Waals surface area contributed by atoms with Gasteiger partial charge < -0.3 is 0 Å². The highest BCUT2D eigenvalue weighted by molar-refractivity contribution is 7.86. The van der Waals surface area contributed by atoms with E-state index in [-0.39, 0.29) is 5.75 Å². The van der Waals surface area contributed by atoms with Gasteiger partial charge in [0.05, 0.1) is 5.75 Å². The zero-order valence-electron chi connectivity index (χ0n) is 7.71. The first-order chi connectivity index (χ1) is 6.55. The Morgan fingerprint density at radius 3 is 2.71 bits per heavy atom.